The normalized spacial score (nSPS) is 15.8. The third kappa shape index (κ3) is 3.59. The molecule has 0 saturated heterocycles. The number of amides is 1. The van der Waals surface area contributed by atoms with Gasteiger partial charge in [0.2, 0.25) is 0 Å². The van der Waals surface area contributed by atoms with Crippen LogP contribution < -0.4 is 11.1 Å². The summed E-state index contributed by atoms with van der Waals surface area (Å²) in [6.45, 7) is 0.349. The molecule has 1 amide bonds. The van der Waals surface area contributed by atoms with Crippen LogP contribution in [0.4, 0.5) is 0 Å². The Balaban J connectivity index is 1.93. The van der Waals surface area contributed by atoms with Crippen LogP contribution in [0.15, 0.2) is 12.1 Å². The Morgan fingerprint density at radius 2 is 2.17 bits per heavy atom. The molecule has 18 heavy (non-hydrogen) atoms. The number of thiophene rings is 1. The first kappa shape index (κ1) is 13.1. The standard InChI is InChI=1S/C14H18N2OS/c15-10-4-7-12-8-9-13(18-12)14(17)16-11-5-2-1-3-6-11/h8-9,11H,1-3,5-6,10,15H2,(H,16,17). The number of nitrogens with one attached hydrogen (secondary N) is 1. The van der Waals surface area contributed by atoms with Crippen molar-refractivity contribution in [2.24, 2.45) is 5.73 Å². The van der Waals surface area contributed by atoms with E-state index < -0.39 is 0 Å². The zero-order chi connectivity index (χ0) is 12.8. The van der Waals surface area contributed by atoms with Crippen molar-refractivity contribution in [3.05, 3.63) is 21.9 Å². The van der Waals surface area contributed by atoms with Gasteiger partial charge in [0.25, 0.3) is 5.91 Å². The maximum Gasteiger partial charge on any atom is 0.261 e. The summed E-state index contributed by atoms with van der Waals surface area (Å²) in [6, 6.07) is 4.07. The Labute approximate surface area is 112 Å². The molecule has 0 unspecified atom stereocenters. The highest BCUT2D eigenvalue weighted by Gasteiger charge is 2.17. The first-order valence-electron chi connectivity index (χ1n) is 6.39. The molecule has 0 aliphatic heterocycles. The summed E-state index contributed by atoms with van der Waals surface area (Å²) in [5, 5.41) is 3.10. The van der Waals surface area contributed by atoms with E-state index in [1.807, 2.05) is 12.1 Å². The summed E-state index contributed by atoms with van der Waals surface area (Å²) in [5.74, 6) is 5.78. The lowest BCUT2D eigenvalue weighted by Crippen LogP contribution is -2.35. The van der Waals surface area contributed by atoms with Gasteiger partial charge >= 0.3 is 0 Å². The van der Waals surface area contributed by atoms with E-state index in [1.54, 1.807) is 0 Å². The highest BCUT2D eigenvalue weighted by atomic mass is 32.1. The highest BCUT2D eigenvalue weighted by Crippen LogP contribution is 2.19. The Hall–Kier alpha value is -1.31. The number of carbonyl (C=O) groups excluding carboxylic acids is 1. The van der Waals surface area contributed by atoms with Crippen LogP contribution >= 0.6 is 11.3 Å². The summed E-state index contributed by atoms with van der Waals surface area (Å²) in [6.07, 6.45) is 5.96. The quantitative estimate of drug-likeness (QED) is 0.802. The molecule has 1 aromatic heterocycles. The Bertz CT molecular complexity index is 464. The SMILES string of the molecule is NCC#Cc1ccc(C(=O)NC2CCCCC2)s1. The molecule has 96 valence electrons. The van der Waals surface area contributed by atoms with Crippen molar-refractivity contribution >= 4 is 17.2 Å². The lowest BCUT2D eigenvalue weighted by molar-refractivity contribution is 0.0932. The number of rotatable bonds is 2. The Kier molecular flexibility index (Phi) is 4.80. The Morgan fingerprint density at radius 1 is 1.39 bits per heavy atom. The molecule has 3 N–H and O–H groups in total. The zero-order valence-electron chi connectivity index (χ0n) is 10.4. The van der Waals surface area contributed by atoms with Gasteiger partial charge in [-0.25, -0.2) is 0 Å². The van der Waals surface area contributed by atoms with Gasteiger partial charge in [-0.2, -0.15) is 0 Å². The third-order valence-corrected chi connectivity index (χ3v) is 4.08. The van der Waals surface area contributed by atoms with Crippen LogP contribution in [-0.2, 0) is 0 Å². The molecule has 2 rings (SSSR count). The molecule has 0 radical (unpaired) electrons. The molecule has 0 aromatic carbocycles. The monoisotopic (exact) mass is 262 g/mol. The number of nitrogens with two attached hydrogens (primary N) is 1. The van der Waals surface area contributed by atoms with Crippen LogP contribution in [-0.4, -0.2) is 18.5 Å². The van der Waals surface area contributed by atoms with Gasteiger partial charge in [-0.15, -0.1) is 11.3 Å². The van der Waals surface area contributed by atoms with Crippen molar-refractivity contribution < 1.29 is 4.79 Å². The summed E-state index contributed by atoms with van der Waals surface area (Å²) in [7, 11) is 0. The fourth-order valence-electron chi connectivity index (χ4n) is 2.17. The lowest BCUT2D eigenvalue weighted by atomic mass is 9.95. The maximum absolute atomic E-state index is 12.0. The van der Waals surface area contributed by atoms with E-state index in [-0.39, 0.29) is 5.91 Å². The average Bonchev–Trinajstić information content (AvgIpc) is 2.86. The fourth-order valence-corrected chi connectivity index (χ4v) is 2.95. The van der Waals surface area contributed by atoms with Crippen molar-refractivity contribution in [1.82, 2.24) is 5.32 Å². The van der Waals surface area contributed by atoms with Gasteiger partial charge in [0.1, 0.15) is 0 Å². The second-order valence-electron chi connectivity index (χ2n) is 4.48. The van der Waals surface area contributed by atoms with E-state index in [9.17, 15) is 4.79 Å². The fraction of sp³-hybridized carbons (Fsp3) is 0.500. The van der Waals surface area contributed by atoms with Crippen LogP contribution in [0.3, 0.4) is 0 Å². The van der Waals surface area contributed by atoms with Crippen molar-refractivity contribution in [1.29, 1.82) is 0 Å². The third-order valence-electron chi connectivity index (χ3n) is 3.08. The van der Waals surface area contributed by atoms with Gasteiger partial charge in [0.15, 0.2) is 0 Å². The molecule has 3 nitrogen and oxygen atoms in total. The second-order valence-corrected chi connectivity index (χ2v) is 5.56. The summed E-state index contributed by atoms with van der Waals surface area (Å²) < 4.78 is 0. The summed E-state index contributed by atoms with van der Waals surface area (Å²) >= 11 is 1.43. The first-order chi connectivity index (χ1) is 8.79. The van der Waals surface area contributed by atoms with E-state index in [0.29, 0.717) is 12.6 Å². The lowest BCUT2D eigenvalue weighted by Gasteiger charge is -2.22. The van der Waals surface area contributed by atoms with E-state index in [4.69, 9.17) is 5.73 Å². The van der Waals surface area contributed by atoms with E-state index in [2.05, 4.69) is 17.2 Å². The van der Waals surface area contributed by atoms with Crippen LogP contribution in [0, 0.1) is 11.8 Å². The van der Waals surface area contributed by atoms with Crippen molar-refractivity contribution in [2.75, 3.05) is 6.54 Å². The molecule has 1 heterocycles. The molecule has 1 saturated carbocycles. The minimum absolute atomic E-state index is 0.0349. The van der Waals surface area contributed by atoms with Gasteiger partial charge in [-0.3, -0.25) is 4.79 Å². The molecular formula is C14H18N2OS. The maximum atomic E-state index is 12.0. The van der Waals surface area contributed by atoms with Gasteiger partial charge in [-0.1, -0.05) is 31.1 Å². The molecule has 1 aliphatic carbocycles. The van der Waals surface area contributed by atoms with Crippen molar-refractivity contribution in [3.63, 3.8) is 0 Å². The molecule has 1 aliphatic rings. The smallest absolute Gasteiger partial charge is 0.261 e. The molecule has 0 bridgehead atoms. The minimum Gasteiger partial charge on any atom is -0.349 e. The van der Waals surface area contributed by atoms with Crippen LogP contribution in [0.2, 0.25) is 0 Å². The summed E-state index contributed by atoms with van der Waals surface area (Å²) in [4.78, 5) is 13.7. The highest BCUT2D eigenvalue weighted by molar-refractivity contribution is 7.14. The van der Waals surface area contributed by atoms with Gasteiger partial charge in [-0.05, 0) is 25.0 Å². The van der Waals surface area contributed by atoms with Crippen LogP contribution in [0.25, 0.3) is 0 Å². The largest absolute Gasteiger partial charge is 0.349 e. The van der Waals surface area contributed by atoms with E-state index >= 15 is 0 Å². The van der Waals surface area contributed by atoms with Crippen molar-refractivity contribution in [2.45, 2.75) is 38.1 Å². The zero-order valence-corrected chi connectivity index (χ0v) is 11.2. The second kappa shape index (κ2) is 6.58. The number of carbonyl (C=O) groups is 1. The van der Waals surface area contributed by atoms with E-state index in [1.165, 1.54) is 30.6 Å². The molecule has 0 spiro atoms. The van der Waals surface area contributed by atoms with Gasteiger partial charge < -0.3 is 11.1 Å². The van der Waals surface area contributed by atoms with Crippen molar-refractivity contribution in [3.8, 4) is 11.8 Å². The molecular weight excluding hydrogens is 244 g/mol. The predicted octanol–water partition coefficient (Wildman–Crippen LogP) is 2.12. The topological polar surface area (TPSA) is 55.1 Å². The van der Waals surface area contributed by atoms with Gasteiger partial charge in [0.05, 0.1) is 16.3 Å². The average molecular weight is 262 g/mol. The van der Waals surface area contributed by atoms with Crippen LogP contribution in [0.1, 0.15) is 46.7 Å². The minimum atomic E-state index is 0.0349. The number of hydrogen-bond donors (Lipinski definition) is 2. The predicted molar refractivity (Wildman–Crippen MR) is 74.6 cm³/mol. The van der Waals surface area contributed by atoms with Gasteiger partial charge in [0, 0.05) is 6.04 Å². The van der Waals surface area contributed by atoms with E-state index in [0.717, 1.165) is 22.6 Å². The molecule has 1 aromatic rings. The number of hydrogen-bond acceptors (Lipinski definition) is 3. The molecule has 4 heteroatoms. The molecule has 1 fully saturated rings. The Morgan fingerprint density at radius 3 is 2.89 bits per heavy atom. The van der Waals surface area contributed by atoms with Crippen LogP contribution in [0.5, 0.6) is 0 Å². The summed E-state index contributed by atoms with van der Waals surface area (Å²) in [5.41, 5.74) is 5.32. The molecule has 0 atom stereocenters. The first-order valence-corrected chi connectivity index (χ1v) is 7.21.